The van der Waals surface area contributed by atoms with Crippen LogP contribution in [0, 0.1) is 17.1 Å². The van der Waals surface area contributed by atoms with E-state index in [1.807, 2.05) is 0 Å². The van der Waals surface area contributed by atoms with Gasteiger partial charge in [-0.1, -0.05) is 0 Å². The zero-order valence-electron chi connectivity index (χ0n) is 9.55. The lowest BCUT2D eigenvalue weighted by atomic mass is 10.2. The summed E-state index contributed by atoms with van der Waals surface area (Å²) >= 11 is 0. The second kappa shape index (κ2) is 6.32. The molecule has 1 aromatic carbocycles. The fourth-order valence-electron chi connectivity index (χ4n) is 1.16. The lowest BCUT2D eigenvalue weighted by Gasteiger charge is -2.10. The second-order valence-electron chi connectivity index (χ2n) is 3.49. The Bertz CT molecular complexity index is 541. The van der Waals surface area contributed by atoms with Gasteiger partial charge in [0, 0.05) is 0 Å². The van der Waals surface area contributed by atoms with Crippen LogP contribution in [-0.4, -0.2) is 34.9 Å². The number of aliphatic carboxylic acids is 1. The van der Waals surface area contributed by atoms with Crippen LogP contribution in [0.4, 0.5) is 14.9 Å². The predicted octanol–water partition coefficient (Wildman–Crippen LogP) is 0.264. The number of hydrogen-bond donors (Lipinski definition) is 4. The first-order chi connectivity index (χ1) is 8.93. The maximum absolute atomic E-state index is 12.8. The number of carbonyl (C=O) groups excluding carboxylic acids is 1. The van der Waals surface area contributed by atoms with Gasteiger partial charge in [-0.05, 0) is 18.2 Å². The Morgan fingerprint density at radius 2 is 2.16 bits per heavy atom. The average molecular weight is 267 g/mol. The molecule has 0 fully saturated rings. The number of benzene rings is 1. The third kappa shape index (κ3) is 4.25. The number of rotatable bonds is 4. The number of nitrogens with zero attached hydrogens (tertiary/aromatic N) is 1. The molecule has 0 spiro atoms. The molecule has 1 unspecified atom stereocenters. The van der Waals surface area contributed by atoms with E-state index in [-0.39, 0.29) is 11.3 Å². The average Bonchev–Trinajstić information content (AvgIpc) is 2.37. The van der Waals surface area contributed by atoms with E-state index in [0.29, 0.717) is 0 Å². The topological polar surface area (TPSA) is 122 Å². The summed E-state index contributed by atoms with van der Waals surface area (Å²) in [5.74, 6) is -2.09. The van der Waals surface area contributed by atoms with Gasteiger partial charge in [-0.3, -0.25) is 0 Å². The summed E-state index contributed by atoms with van der Waals surface area (Å²) in [7, 11) is 0. The van der Waals surface area contributed by atoms with E-state index < -0.39 is 30.5 Å². The lowest BCUT2D eigenvalue weighted by Crippen LogP contribution is -2.38. The molecule has 0 heterocycles. The first kappa shape index (κ1) is 14.4. The first-order valence-corrected chi connectivity index (χ1v) is 5.09. The molecule has 0 aliphatic heterocycles. The van der Waals surface area contributed by atoms with Gasteiger partial charge in [0.25, 0.3) is 0 Å². The van der Waals surface area contributed by atoms with Crippen LogP contribution in [0.25, 0.3) is 0 Å². The molecule has 19 heavy (non-hydrogen) atoms. The van der Waals surface area contributed by atoms with Crippen molar-refractivity contribution in [3.8, 4) is 6.07 Å². The highest BCUT2D eigenvalue weighted by Crippen LogP contribution is 2.15. The molecule has 0 bridgehead atoms. The van der Waals surface area contributed by atoms with Crippen LogP contribution in [-0.2, 0) is 4.79 Å². The fourth-order valence-corrected chi connectivity index (χ4v) is 1.16. The van der Waals surface area contributed by atoms with Crippen molar-refractivity contribution in [3.63, 3.8) is 0 Å². The summed E-state index contributed by atoms with van der Waals surface area (Å²) in [4.78, 5) is 21.7. The van der Waals surface area contributed by atoms with Gasteiger partial charge in [0.2, 0.25) is 0 Å². The van der Waals surface area contributed by atoms with Gasteiger partial charge < -0.3 is 20.8 Å². The second-order valence-corrected chi connectivity index (χ2v) is 3.49. The first-order valence-electron chi connectivity index (χ1n) is 5.09. The third-order valence-electron chi connectivity index (χ3n) is 2.09. The van der Waals surface area contributed by atoms with Crippen LogP contribution in [0.5, 0.6) is 0 Å². The Hall–Kier alpha value is -2.66. The molecule has 4 N–H and O–H groups in total. The van der Waals surface area contributed by atoms with Crippen LogP contribution in [0.2, 0.25) is 0 Å². The molecule has 0 aromatic heterocycles. The molecule has 1 atom stereocenters. The van der Waals surface area contributed by atoms with Crippen LogP contribution in [0.1, 0.15) is 5.56 Å². The summed E-state index contributed by atoms with van der Waals surface area (Å²) in [5, 5.41) is 30.4. The van der Waals surface area contributed by atoms with E-state index >= 15 is 0 Å². The Balaban J connectivity index is 2.63. The summed E-state index contributed by atoms with van der Waals surface area (Å²) in [6.45, 7) is -0.496. The number of urea groups is 1. The van der Waals surface area contributed by atoms with E-state index in [2.05, 4.69) is 10.6 Å². The summed E-state index contributed by atoms with van der Waals surface area (Å²) in [6, 6.07) is 4.08. The van der Waals surface area contributed by atoms with Gasteiger partial charge >= 0.3 is 12.0 Å². The summed E-state index contributed by atoms with van der Waals surface area (Å²) in [6.07, 6.45) is -1.73. The van der Waals surface area contributed by atoms with E-state index in [1.54, 1.807) is 6.07 Å². The van der Waals surface area contributed by atoms with Crippen molar-refractivity contribution in [2.45, 2.75) is 6.10 Å². The van der Waals surface area contributed by atoms with Crippen molar-refractivity contribution in [3.05, 3.63) is 29.6 Å². The minimum absolute atomic E-state index is 0.0751. The van der Waals surface area contributed by atoms with Gasteiger partial charge in [0.15, 0.2) is 6.10 Å². The quantitative estimate of drug-likeness (QED) is 0.623. The van der Waals surface area contributed by atoms with Crippen LogP contribution < -0.4 is 10.6 Å². The highest BCUT2D eigenvalue weighted by atomic mass is 19.1. The molecule has 100 valence electrons. The minimum Gasteiger partial charge on any atom is -0.479 e. The molecule has 0 saturated heterocycles. The monoisotopic (exact) mass is 267 g/mol. The van der Waals surface area contributed by atoms with Crippen molar-refractivity contribution < 1.29 is 24.2 Å². The Morgan fingerprint density at radius 1 is 1.47 bits per heavy atom. The zero-order valence-corrected chi connectivity index (χ0v) is 9.55. The number of hydrogen-bond acceptors (Lipinski definition) is 4. The van der Waals surface area contributed by atoms with Gasteiger partial charge in [-0.25, -0.2) is 14.0 Å². The van der Waals surface area contributed by atoms with Gasteiger partial charge in [0.05, 0.1) is 17.8 Å². The van der Waals surface area contributed by atoms with E-state index in [1.165, 1.54) is 6.07 Å². The molecule has 2 amide bonds. The van der Waals surface area contributed by atoms with Crippen LogP contribution >= 0.6 is 0 Å². The van der Waals surface area contributed by atoms with Crippen LogP contribution in [0.3, 0.4) is 0 Å². The maximum atomic E-state index is 12.8. The molecular formula is C11H10FN3O4. The van der Waals surface area contributed by atoms with Crippen molar-refractivity contribution in [2.75, 3.05) is 11.9 Å². The maximum Gasteiger partial charge on any atom is 0.334 e. The summed E-state index contributed by atoms with van der Waals surface area (Å²) in [5.41, 5.74) is 0.000137. The molecule has 1 aromatic rings. The highest BCUT2D eigenvalue weighted by molar-refractivity contribution is 5.91. The van der Waals surface area contributed by atoms with Crippen molar-refractivity contribution >= 4 is 17.7 Å². The Morgan fingerprint density at radius 3 is 2.74 bits per heavy atom. The van der Waals surface area contributed by atoms with Gasteiger partial charge in [-0.2, -0.15) is 5.26 Å². The minimum atomic E-state index is -1.73. The van der Waals surface area contributed by atoms with Crippen molar-refractivity contribution in [2.24, 2.45) is 0 Å². The number of carboxylic acid groups (broad SMARTS) is 1. The standard InChI is InChI=1S/C11H10FN3O4/c12-7-1-2-8(6(3-7)4-13)15-11(19)14-5-9(16)10(17)18/h1-3,9,16H,5H2,(H,17,18)(H2,14,15,19). The molecule has 1 rings (SSSR count). The Labute approximate surface area is 107 Å². The number of nitriles is 1. The lowest BCUT2D eigenvalue weighted by molar-refractivity contribution is -0.146. The number of aliphatic hydroxyl groups excluding tert-OH is 1. The highest BCUT2D eigenvalue weighted by Gasteiger charge is 2.14. The molecular weight excluding hydrogens is 257 g/mol. The molecule has 7 nitrogen and oxygen atoms in total. The number of nitrogens with one attached hydrogen (secondary N) is 2. The molecule has 0 aliphatic carbocycles. The van der Waals surface area contributed by atoms with Crippen molar-refractivity contribution in [1.29, 1.82) is 5.26 Å². The molecule has 0 radical (unpaired) electrons. The largest absolute Gasteiger partial charge is 0.479 e. The SMILES string of the molecule is N#Cc1cc(F)ccc1NC(=O)NCC(O)C(=O)O. The molecule has 8 heteroatoms. The third-order valence-corrected chi connectivity index (χ3v) is 2.09. The van der Waals surface area contributed by atoms with E-state index in [4.69, 9.17) is 15.5 Å². The van der Waals surface area contributed by atoms with Crippen LogP contribution in [0.15, 0.2) is 18.2 Å². The number of aliphatic hydroxyl groups is 1. The number of amides is 2. The number of anilines is 1. The zero-order chi connectivity index (χ0) is 14.4. The van der Waals surface area contributed by atoms with Gasteiger partial charge in [-0.15, -0.1) is 0 Å². The number of carbonyl (C=O) groups is 2. The smallest absolute Gasteiger partial charge is 0.334 e. The van der Waals surface area contributed by atoms with E-state index in [0.717, 1.165) is 12.1 Å². The number of halogens is 1. The molecule has 0 aliphatic rings. The summed E-state index contributed by atoms with van der Waals surface area (Å²) < 4.78 is 12.8. The fraction of sp³-hybridized carbons (Fsp3) is 0.182. The molecule has 0 saturated carbocycles. The predicted molar refractivity (Wildman–Crippen MR) is 61.8 cm³/mol. The Kier molecular flexibility index (Phi) is 4.79. The normalized spacial score (nSPS) is 11.2. The van der Waals surface area contributed by atoms with Crippen molar-refractivity contribution in [1.82, 2.24) is 5.32 Å². The number of carboxylic acids is 1. The van der Waals surface area contributed by atoms with E-state index in [9.17, 15) is 14.0 Å². The van der Waals surface area contributed by atoms with Gasteiger partial charge in [0.1, 0.15) is 11.9 Å².